The van der Waals surface area contributed by atoms with Gasteiger partial charge in [-0.05, 0) is 36.1 Å². The molecule has 1 N–H and O–H groups in total. The first-order chi connectivity index (χ1) is 10.1. The zero-order valence-corrected chi connectivity index (χ0v) is 12.6. The number of fused-ring (bicyclic) bond motifs is 1. The van der Waals surface area contributed by atoms with Gasteiger partial charge in [-0.1, -0.05) is 25.4 Å². The molecule has 8 heteroatoms. The van der Waals surface area contributed by atoms with Gasteiger partial charge < -0.3 is 9.84 Å². The Morgan fingerprint density at radius 3 is 2.48 bits per heavy atom. The monoisotopic (exact) mass is 358 g/mol. The van der Waals surface area contributed by atoms with Gasteiger partial charge in [0, 0.05) is 10.6 Å². The third-order valence-electron chi connectivity index (χ3n) is 3.19. The van der Waals surface area contributed by atoms with E-state index in [1.54, 1.807) is 0 Å². The first-order valence-corrected chi connectivity index (χ1v) is 6.98. The Hall–Kier alpha value is -0.690. The number of aliphatic carboxylic acids is 1. The second-order valence-electron chi connectivity index (χ2n) is 5.52. The van der Waals surface area contributed by atoms with Gasteiger partial charge in [-0.2, -0.15) is 13.2 Å². The fourth-order valence-electron chi connectivity index (χ4n) is 2.27. The third kappa shape index (κ3) is 4.66. The molecule has 0 saturated heterocycles. The van der Waals surface area contributed by atoms with Crippen molar-refractivity contribution in [3.63, 3.8) is 0 Å². The van der Waals surface area contributed by atoms with E-state index in [1.165, 1.54) is 12.1 Å². The Balaban J connectivity index is 0.00000264. The van der Waals surface area contributed by atoms with Crippen molar-refractivity contribution in [3.8, 4) is 5.75 Å². The Bertz CT molecular complexity index is 642. The van der Waals surface area contributed by atoms with Crippen molar-refractivity contribution in [2.45, 2.75) is 32.5 Å². The van der Waals surface area contributed by atoms with E-state index in [0.717, 1.165) is 6.08 Å². The summed E-state index contributed by atoms with van der Waals surface area (Å²) in [4.78, 5) is 11.0. The number of alkyl halides is 3. The van der Waals surface area contributed by atoms with E-state index in [1.807, 2.05) is 13.8 Å². The summed E-state index contributed by atoms with van der Waals surface area (Å²) in [7, 11) is 0. The summed E-state index contributed by atoms with van der Waals surface area (Å²) in [5, 5.41) is 9.34. The molecule has 1 aromatic carbocycles. The fraction of sp³-hybridized carbons (Fsp3) is 0.400. The van der Waals surface area contributed by atoms with Gasteiger partial charge in [-0.25, -0.2) is 4.79 Å². The van der Waals surface area contributed by atoms with Crippen LogP contribution in [0.2, 0.25) is 5.02 Å². The number of carbonyl (C=O) groups is 1. The van der Waals surface area contributed by atoms with Crippen LogP contribution in [0, 0.1) is 5.92 Å². The summed E-state index contributed by atoms with van der Waals surface area (Å²) in [6.07, 6.45) is -5.74. The molecule has 1 aliphatic rings. The normalized spacial score (nSPS) is 17.0. The van der Waals surface area contributed by atoms with Crippen LogP contribution in [-0.4, -0.2) is 52.9 Å². The first kappa shape index (κ1) is 20.4. The summed E-state index contributed by atoms with van der Waals surface area (Å²) in [6, 6.07) is 2.88. The number of benzene rings is 1. The van der Waals surface area contributed by atoms with E-state index in [2.05, 4.69) is 0 Å². The predicted octanol–water partition coefficient (Wildman–Crippen LogP) is 3.68. The van der Waals surface area contributed by atoms with Crippen molar-refractivity contribution >= 4 is 53.2 Å². The van der Waals surface area contributed by atoms with Crippen LogP contribution in [0.15, 0.2) is 17.7 Å². The molecule has 122 valence electrons. The zero-order valence-electron chi connectivity index (χ0n) is 11.9. The Kier molecular flexibility index (Phi) is 6.61. The van der Waals surface area contributed by atoms with Crippen LogP contribution < -0.4 is 4.74 Å². The van der Waals surface area contributed by atoms with Crippen LogP contribution in [0.1, 0.15) is 25.0 Å². The number of hydrogen-bond acceptors (Lipinski definition) is 2. The number of rotatable bonds is 3. The molecule has 0 fully saturated rings. The maximum absolute atomic E-state index is 13.0. The molecule has 0 bridgehead atoms. The van der Waals surface area contributed by atoms with E-state index in [4.69, 9.17) is 21.4 Å². The van der Waals surface area contributed by atoms with Crippen LogP contribution in [-0.2, 0) is 11.2 Å². The number of carboxylic acids is 1. The molecule has 0 amide bonds. The second-order valence-corrected chi connectivity index (χ2v) is 5.93. The minimum absolute atomic E-state index is 0. The van der Waals surface area contributed by atoms with Gasteiger partial charge in [0.2, 0.25) is 6.10 Å². The summed E-state index contributed by atoms with van der Waals surface area (Å²) >= 11 is 6.10. The summed E-state index contributed by atoms with van der Waals surface area (Å²) in [5.41, 5.74) is 0.0478. The van der Waals surface area contributed by atoms with Crippen molar-refractivity contribution in [3.05, 3.63) is 33.9 Å². The molecule has 0 aromatic heterocycles. The molecule has 1 atom stereocenters. The molecule has 1 aromatic rings. The second kappa shape index (κ2) is 7.47. The molecule has 23 heavy (non-hydrogen) atoms. The van der Waals surface area contributed by atoms with E-state index < -0.39 is 23.8 Å². The summed E-state index contributed by atoms with van der Waals surface area (Å²) < 4.78 is 43.9. The van der Waals surface area contributed by atoms with E-state index in [0.29, 0.717) is 17.0 Å². The van der Waals surface area contributed by atoms with Crippen LogP contribution in [0.4, 0.5) is 13.2 Å². The Labute approximate surface area is 158 Å². The molecule has 0 aliphatic carbocycles. The molecule has 0 unspecified atom stereocenters. The van der Waals surface area contributed by atoms with Gasteiger partial charge in [0.25, 0.3) is 0 Å². The Morgan fingerprint density at radius 1 is 1.39 bits per heavy atom. The molecule has 2 rings (SSSR count). The first-order valence-electron chi connectivity index (χ1n) is 6.60. The molecular formula is C15H15ClF3NaO3. The Morgan fingerprint density at radius 2 is 2.00 bits per heavy atom. The van der Waals surface area contributed by atoms with Gasteiger partial charge in [0.15, 0.2) is 0 Å². The quantitative estimate of drug-likeness (QED) is 0.838. The van der Waals surface area contributed by atoms with Gasteiger partial charge in [-0.15, -0.1) is 0 Å². The molecule has 0 spiro atoms. The van der Waals surface area contributed by atoms with Gasteiger partial charge >= 0.3 is 41.7 Å². The predicted molar refractivity (Wildman–Crippen MR) is 83.2 cm³/mol. The van der Waals surface area contributed by atoms with Gasteiger partial charge in [0.05, 0.1) is 5.57 Å². The standard InChI is InChI=1S/C15H14ClF3O3.Na.H/c1-7(2)3-8-6-12-9(5-11(8)16)4-10(14(20)21)13(22-12)15(17,18)19;;/h4-7,13H,3H2,1-2H3,(H,20,21);;/t13-;;/m1../s1. The number of ether oxygens (including phenoxy) is 1. The fourth-order valence-corrected chi connectivity index (χ4v) is 2.52. The SMILES string of the molecule is CC(C)Cc1cc2c(cc1Cl)C=C(C(=O)O)[C@H](C(F)(F)F)O2.[NaH]. The van der Waals surface area contributed by atoms with Crippen LogP contribution in [0.5, 0.6) is 5.75 Å². The van der Waals surface area contributed by atoms with E-state index in [9.17, 15) is 18.0 Å². The van der Waals surface area contributed by atoms with E-state index in [-0.39, 0.29) is 46.8 Å². The number of hydrogen-bond donors (Lipinski definition) is 1. The van der Waals surface area contributed by atoms with Crippen molar-refractivity contribution in [2.75, 3.05) is 0 Å². The van der Waals surface area contributed by atoms with Crippen LogP contribution in [0.3, 0.4) is 0 Å². The average Bonchev–Trinajstić information content (AvgIpc) is 2.36. The van der Waals surface area contributed by atoms with Gasteiger partial charge in [-0.3, -0.25) is 0 Å². The maximum atomic E-state index is 13.0. The van der Waals surface area contributed by atoms with Crippen LogP contribution >= 0.6 is 11.6 Å². The summed E-state index contributed by atoms with van der Waals surface area (Å²) in [6.45, 7) is 3.91. The van der Waals surface area contributed by atoms with E-state index >= 15 is 0 Å². The van der Waals surface area contributed by atoms with Crippen molar-refractivity contribution in [1.82, 2.24) is 0 Å². The molecule has 1 aliphatic heterocycles. The molecule has 3 nitrogen and oxygen atoms in total. The molecule has 1 heterocycles. The molecule has 0 radical (unpaired) electrons. The van der Waals surface area contributed by atoms with Crippen molar-refractivity contribution < 1.29 is 27.8 Å². The number of carboxylic acid groups (broad SMARTS) is 1. The molecule has 0 saturated carbocycles. The zero-order chi connectivity index (χ0) is 16.7. The van der Waals surface area contributed by atoms with Crippen LogP contribution in [0.25, 0.3) is 6.08 Å². The molecular weight excluding hydrogens is 344 g/mol. The average molecular weight is 359 g/mol. The van der Waals surface area contributed by atoms with Gasteiger partial charge in [0.1, 0.15) is 5.75 Å². The van der Waals surface area contributed by atoms with Crippen molar-refractivity contribution in [1.29, 1.82) is 0 Å². The topological polar surface area (TPSA) is 46.5 Å². The number of halogens is 4. The third-order valence-corrected chi connectivity index (χ3v) is 3.54. The van der Waals surface area contributed by atoms with Crippen molar-refractivity contribution in [2.24, 2.45) is 5.92 Å². The summed E-state index contributed by atoms with van der Waals surface area (Å²) in [5.74, 6) is -1.41. The minimum atomic E-state index is -4.81.